The average molecular weight is 414 g/mol. The number of amides is 2. The summed E-state index contributed by atoms with van der Waals surface area (Å²) in [4.78, 5) is 38.1. The molecule has 156 valence electrons. The predicted molar refractivity (Wildman–Crippen MR) is 119 cm³/mol. The van der Waals surface area contributed by atoms with Gasteiger partial charge in [0.15, 0.2) is 6.61 Å². The molecule has 4 rings (SSSR count). The van der Waals surface area contributed by atoms with Crippen LogP contribution in [0.15, 0.2) is 78.9 Å². The van der Waals surface area contributed by atoms with Crippen LogP contribution in [0.3, 0.4) is 0 Å². The van der Waals surface area contributed by atoms with E-state index in [2.05, 4.69) is 5.32 Å². The van der Waals surface area contributed by atoms with E-state index in [0.717, 1.165) is 23.2 Å². The van der Waals surface area contributed by atoms with Crippen LogP contribution in [0.4, 0.5) is 11.4 Å². The van der Waals surface area contributed by atoms with Gasteiger partial charge in [0.1, 0.15) is 0 Å². The molecule has 3 aromatic rings. The Labute approximate surface area is 180 Å². The fraction of sp³-hybridized carbons (Fsp3) is 0.160. The lowest BCUT2D eigenvalue weighted by Gasteiger charge is -2.16. The van der Waals surface area contributed by atoms with Crippen molar-refractivity contribution in [3.05, 3.63) is 84.4 Å². The van der Waals surface area contributed by atoms with Gasteiger partial charge < -0.3 is 15.0 Å². The van der Waals surface area contributed by atoms with Crippen LogP contribution in [0.2, 0.25) is 0 Å². The summed E-state index contributed by atoms with van der Waals surface area (Å²) in [6, 6.07) is 24.0. The molecule has 2 amide bonds. The van der Waals surface area contributed by atoms with Gasteiger partial charge in [-0.1, -0.05) is 48.5 Å². The van der Waals surface area contributed by atoms with Gasteiger partial charge in [-0.3, -0.25) is 9.59 Å². The molecule has 1 N–H and O–H groups in total. The van der Waals surface area contributed by atoms with Crippen LogP contribution in [0.25, 0.3) is 11.1 Å². The number of hydrogen-bond donors (Lipinski definition) is 1. The average Bonchev–Trinajstić information content (AvgIpc) is 3.24. The molecular formula is C25H22N2O4. The van der Waals surface area contributed by atoms with E-state index in [9.17, 15) is 14.4 Å². The molecule has 1 saturated heterocycles. The van der Waals surface area contributed by atoms with Crippen molar-refractivity contribution in [3.63, 3.8) is 0 Å². The van der Waals surface area contributed by atoms with Crippen molar-refractivity contribution >= 4 is 29.2 Å². The highest BCUT2D eigenvalue weighted by molar-refractivity contribution is 5.98. The van der Waals surface area contributed by atoms with Gasteiger partial charge in [-0.25, -0.2) is 4.79 Å². The van der Waals surface area contributed by atoms with E-state index >= 15 is 0 Å². The molecule has 0 saturated carbocycles. The molecule has 1 heterocycles. The number of ether oxygens (including phenoxy) is 1. The van der Waals surface area contributed by atoms with E-state index in [0.29, 0.717) is 24.2 Å². The summed E-state index contributed by atoms with van der Waals surface area (Å²) in [5.74, 6) is -0.930. The molecule has 1 fully saturated rings. The van der Waals surface area contributed by atoms with Crippen LogP contribution >= 0.6 is 0 Å². The maximum atomic E-state index is 12.3. The first-order chi connectivity index (χ1) is 15.1. The first kappa shape index (κ1) is 20.3. The summed E-state index contributed by atoms with van der Waals surface area (Å²) >= 11 is 0. The van der Waals surface area contributed by atoms with E-state index in [1.54, 1.807) is 35.2 Å². The third-order valence-corrected chi connectivity index (χ3v) is 5.08. The molecule has 31 heavy (non-hydrogen) atoms. The summed E-state index contributed by atoms with van der Waals surface area (Å²) in [7, 11) is 0. The molecule has 0 radical (unpaired) electrons. The van der Waals surface area contributed by atoms with Crippen molar-refractivity contribution in [3.8, 4) is 11.1 Å². The van der Waals surface area contributed by atoms with Crippen molar-refractivity contribution in [2.45, 2.75) is 12.8 Å². The fourth-order valence-corrected chi connectivity index (χ4v) is 3.51. The second-order valence-electron chi connectivity index (χ2n) is 7.27. The standard InChI is InChI=1S/C25H22N2O4/c28-23(26-21-8-4-9-22(16-21)27-15-5-10-24(27)29)17-31-25(30)20-13-11-19(12-14-20)18-6-2-1-3-7-18/h1-4,6-9,11-14,16H,5,10,15,17H2,(H,26,28). The van der Waals surface area contributed by atoms with E-state index in [4.69, 9.17) is 4.74 Å². The first-order valence-corrected chi connectivity index (χ1v) is 10.1. The number of rotatable bonds is 6. The minimum absolute atomic E-state index is 0.0793. The van der Waals surface area contributed by atoms with Gasteiger partial charge in [0.05, 0.1) is 5.56 Å². The Kier molecular flexibility index (Phi) is 6.08. The second-order valence-corrected chi connectivity index (χ2v) is 7.27. The van der Waals surface area contributed by atoms with Crippen molar-refractivity contribution in [2.75, 3.05) is 23.4 Å². The monoisotopic (exact) mass is 414 g/mol. The summed E-state index contributed by atoms with van der Waals surface area (Å²) in [5.41, 5.74) is 3.72. The van der Waals surface area contributed by atoms with Crippen LogP contribution < -0.4 is 10.2 Å². The molecule has 6 nitrogen and oxygen atoms in total. The van der Waals surface area contributed by atoms with E-state index in [1.165, 1.54) is 0 Å². The predicted octanol–water partition coefficient (Wildman–Crippen LogP) is 4.28. The molecule has 0 bridgehead atoms. The highest BCUT2D eigenvalue weighted by Crippen LogP contribution is 2.24. The van der Waals surface area contributed by atoms with Crippen LogP contribution in [0, 0.1) is 0 Å². The molecule has 0 aromatic heterocycles. The molecule has 1 aliphatic heterocycles. The zero-order chi connectivity index (χ0) is 21.6. The first-order valence-electron chi connectivity index (χ1n) is 10.1. The molecule has 3 aromatic carbocycles. The molecular weight excluding hydrogens is 392 g/mol. The Morgan fingerprint density at radius 3 is 2.35 bits per heavy atom. The van der Waals surface area contributed by atoms with Crippen molar-refractivity contribution in [2.24, 2.45) is 0 Å². The van der Waals surface area contributed by atoms with Gasteiger partial charge >= 0.3 is 5.97 Å². The Hall–Kier alpha value is -3.93. The summed E-state index contributed by atoms with van der Waals surface area (Å²) in [6.45, 7) is 0.281. The number of carbonyl (C=O) groups excluding carboxylic acids is 3. The quantitative estimate of drug-likeness (QED) is 0.611. The lowest BCUT2D eigenvalue weighted by molar-refractivity contribution is -0.119. The lowest BCUT2D eigenvalue weighted by Crippen LogP contribution is -2.24. The van der Waals surface area contributed by atoms with Crippen molar-refractivity contribution in [1.29, 1.82) is 0 Å². The highest BCUT2D eigenvalue weighted by Gasteiger charge is 2.21. The van der Waals surface area contributed by atoms with Gasteiger partial charge in [-0.15, -0.1) is 0 Å². The third kappa shape index (κ3) is 4.98. The molecule has 0 aliphatic carbocycles. The number of anilines is 2. The zero-order valence-electron chi connectivity index (χ0n) is 16.9. The Bertz CT molecular complexity index is 1090. The summed E-state index contributed by atoms with van der Waals surface area (Å²) in [5, 5.41) is 2.70. The van der Waals surface area contributed by atoms with Gasteiger partial charge in [-0.05, 0) is 47.9 Å². The lowest BCUT2D eigenvalue weighted by atomic mass is 10.0. The van der Waals surface area contributed by atoms with Crippen LogP contribution in [-0.2, 0) is 14.3 Å². The molecule has 0 atom stereocenters. The zero-order valence-corrected chi connectivity index (χ0v) is 16.9. The number of esters is 1. The minimum Gasteiger partial charge on any atom is -0.452 e. The smallest absolute Gasteiger partial charge is 0.338 e. The van der Waals surface area contributed by atoms with Gasteiger partial charge in [-0.2, -0.15) is 0 Å². The molecule has 6 heteroatoms. The minimum atomic E-state index is -0.564. The van der Waals surface area contributed by atoms with Gasteiger partial charge in [0.25, 0.3) is 5.91 Å². The number of carbonyl (C=O) groups is 3. The normalized spacial score (nSPS) is 13.2. The second kappa shape index (κ2) is 9.26. The van der Waals surface area contributed by atoms with Crippen molar-refractivity contribution < 1.29 is 19.1 Å². The Balaban J connectivity index is 1.32. The number of hydrogen-bond acceptors (Lipinski definition) is 4. The topological polar surface area (TPSA) is 75.7 Å². The van der Waals surface area contributed by atoms with Crippen LogP contribution in [0.1, 0.15) is 23.2 Å². The fourth-order valence-electron chi connectivity index (χ4n) is 3.51. The molecule has 0 spiro atoms. The van der Waals surface area contributed by atoms with E-state index in [1.807, 2.05) is 48.5 Å². The Morgan fingerprint density at radius 1 is 0.903 bits per heavy atom. The van der Waals surface area contributed by atoms with Crippen LogP contribution in [0.5, 0.6) is 0 Å². The van der Waals surface area contributed by atoms with Crippen molar-refractivity contribution in [1.82, 2.24) is 0 Å². The van der Waals surface area contributed by atoms with Gasteiger partial charge in [0, 0.05) is 24.3 Å². The highest BCUT2D eigenvalue weighted by atomic mass is 16.5. The number of nitrogens with one attached hydrogen (secondary N) is 1. The van der Waals surface area contributed by atoms with Gasteiger partial charge in [0.2, 0.25) is 5.91 Å². The molecule has 0 unspecified atom stereocenters. The maximum absolute atomic E-state index is 12.3. The summed E-state index contributed by atoms with van der Waals surface area (Å²) < 4.78 is 5.14. The van der Waals surface area contributed by atoms with E-state index < -0.39 is 18.5 Å². The number of nitrogens with zero attached hydrogens (tertiary/aromatic N) is 1. The number of benzene rings is 3. The summed E-state index contributed by atoms with van der Waals surface area (Å²) in [6.07, 6.45) is 1.37. The largest absolute Gasteiger partial charge is 0.452 e. The SMILES string of the molecule is O=C(COC(=O)c1ccc(-c2ccccc2)cc1)Nc1cccc(N2CCCC2=O)c1. The Morgan fingerprint density at radius 2 is 1.65 bits per heavy atom. The van der Waals surface area contributed by atoms with Crippen LogP contribution in [-0.4, -0.2) is 30.9 Å². The third-order valence-electron chi connectivity index (χ3n) is 5.08. The molecule has 1 aliphatic rings. The van der Waals surface area contributed by atoms with E-state index in [-0.39, 0.29) is 5.91 Å². The maximum Gasteiger partial charge on any atom is 0.338 e.